The van der Waals surface area contributed by atoms with E-state index in [1.807, 2.05) is 18.2 Å². The Hall–Kier alpha value is -1.61. The Balaban J connectivity index is 2.49. The van der Waals surface area contributed by atoms with Gasteiger partial charge in [0.1, 0.15) is 10.9 Å². The summed E-state index contributed by atoms with van der Waals surface area (Å²) < 4.78 is 5.10. The molecule has 2 aromatic heterocycles. The van der Waals surface area contributed by atoms with Crippen molar-refractivity contribution in [3.8, 4) is 17.1 Å². The van der Waals surface area contributed by atoms with Crippen LogP contribution >= 0.6 is 11.6 Å². The molecule has 0 bridgehead atoms. The topological polar surface area (TPSA) is 35.0 Å². The molecule has 0 fully saturated rings. The monoisotopic (exact) mass is 220 g/mol. The quantitative estimate of drug-likeness (QED) is 0.730. The van der Waals surface area contributed by atoms with E-state index in [2.05, 4.69) is 9.97 Å². The molecule has 0 aliphatic carbocycles. The zero-order valence-corrected chi connectivity index (χ0v) is 8.90. The highest BCUT2D eigenvalue weighted by Crippen LogP contribution is 2.23. The average molecular weight is 221 g/mol. The van der Waals surface area contributed by atoms with Gasteiger partial charge in [0.2, 0.25) is 0 Å². The average Bonchev–Trinajstić information content (AvgIpc) is 2.29. The van der Waals surface area contributed by atoms with E-state index in [0.717, 1.165) is 5.69 Å². The lowest BCUT2D eigenvalue weighted by Crippen LogP contribution is -1.90. The van der Waals surface area contributed by atoms with E-state index in [1.165, 1.54) is 0 Å². The molecule has 0 unspecified atom stereocenters. The zero-order chi connectivity index (χ0) is 10.7. The second-order valence-electron chi connectivity index (χ2n) is 2.93. The molecule has 2 rings (SSSR count). The Morgan fingerprint density at radius 3 is 2.73 bits per heavy atom. The number of aromatic nitrogens is 2. The Kier molecular flexibility index (Phi) is 2.83. The molecule has 0 aromatic carbocycles. The SMILES string of the molecule is COc1cc(Cl)nc(-c2ccccn2)c1. The highest BCUT2D eigenvalue weighted by Gasteiger charge is 2.04. The van der Waals surface area contributed by atoms with Crippen LogP contribution in [0.4, 0.5) is 0 Å². The van der Waals surface area contributed by atoms with Crippen LogP contribution in [0.3, 0.4) is 0 Å². The molecule has 4 heteroatoms. The van der Waals surface area contributed by atoms with Crippen LogP contribution in [0.2, 0.25) is 5.15 Å². The first-order valence-electron chi connectivity index (χ1n) is 4.42. The van der Waals surface area contributed by atoms with Crippen LogP contribution in [0.1, 0.15) is 0 Å². The summed E-state index contributed by atoms with van der Waals surface area (Å²) in [6.07, 6.45) is 1.71. The van der Waals surface area contributed by atoms with Gasteiger partial charge in [0, 0.05) is 18.3 Å². The van der Waals surface area contributed by atoms with Gasteiger partial charge in [0.15, 0.2) is 0 Å². The minimum atomic E-state index is 0.398. The Labute approximate surface area is 92.7 Å². The van der Waals surface area contributed by atoms with Gasteiger partial charge in [-0.25, -0.2) is 4.98 Å². The van der Waals surface area contributed by atoms with Gasteiger partial charge in [0.05, 0.1) is 18.5 Å². The summed E-state index contributed by atoms with van der Waals surface area (Å²) in [4.78, 5) is 8.36. The van der Waals surface area contributed by atoms with Gasteiger partial charge in [0.25, 0.3) is 0 Å². The molecule has 0 aliphatic rings. The zero-order valence-electron chi connectivity index (χ0n) is 8.14. The molecule has 0 saturated carbocycles. The van der Waals surface area contributed by atoms with Crippen molar-refractivity contribution in [2.45, 2.75) is 0 Å². The molecule has 2 heterocycles. The molecule has 0 amide bonds. The molecule has 2 aromatic rings. The van der Waals surface area contributed by atoms with Crippen molar-refractivity contribution in [2.24, 2.45) is 0 Å². The second-order valence-corrected chi connectivity index (χ2v) is 3.32. The standard InChI is InChI=1S/C11H9ClN2O/c1-15-8-6-10(14-11(12)7-8)9-4-2-3-5-13-9/h2-7H,1H3. The first-order chi connectivity index (χ1) is 7.29. The fourth-order valence-corrected chi connectivity index (χ4v) is 1.44. The Bertz CT molecular complexity index is 459. The van der Waals surface area contributed by atoms with Gasteiger partial charge in [-0.15, -0.1) is 0 Å². The van der Waals surface area contributed by atoms with Gasteiger partial charge >= 0.3 is 0 Å². The summed E-state index contributed by atoms with van der Waals surface area (Å²) in [6.45, 7) is 0. The van der Waals surface area contributed by atoms with Crippen LogP contribution in [0.5, 0.6) is 5.75 Å². The first kappa shape index (κ1) is 9.93. The molecule has 0 aliphatic heterocycles. The Morgan fingerprint density at radius 2 is 2.07 bits per heavy atom. The molecular formula is C11H9ClN2O. The fourth-order valence-electron chi connectivity index (χ4n) is 1.24. The van der Waals surface area contributed by atoms with Gasteiger partial charge in [-0.1, -0.05) is 17.7 Å². The maximum absolute atomic E-state index is 5.86. The van der Waals surface area contributed by atoms with Crippen LogP contribution in [-0.4, -0.2) is 17.1 Å². The van der Waals surface area contributed by atoms with Crippen molar-refractivity contribution in [3.63, 3.8) is 0 Å². The van der Waals surface area contributed by atoms with Gasteiger partial charge < -0.3 is 4.74 Å². The van der Waals surface area contributed by atoms with E-state index in [9.17, 15) is 0 Å². The van der Waals surface area contributed by atoms with Crippen molar-refractivity contribution in [2.75, 3.05) is 7.11 Å². The molecular weight excluding hydrogens is 212 g/mol. The first-order valence-corrected chi connectivity index (χ1v) is 4.80. The molecule has 76 valence electrons. The van der Waals surface area contributed by atoms with Gasteiger partial charge in [-0.05, 0) is 12.1 Å². The summed E-state index contributed by atoms with van der Waals surface area (Å²) in [5, 5.41) is 0.398. The van der Waals surface area contributed by atoms with E-state index in [-0.39, 0.29) is 0 Å². The second kappa shape index (κ2) is 4.28. The number of hydrogen-bond donors (Lipinski definition) is 0. The summed E-state index contributed by atoms with van der Waals surface area (Å²) in [5.74, 6) is 0.677. The summed E-state index contributed by atoms with van der Waals surface area (Å²) in [6, 6.07) is 9.09. The normalized spacial score (nSPS) is 10.0. The van der Waals surface area contributed by atoms with Crippen LogP contribution in [0.15, 0.2) is 36.5 Å². The van der Waals surface area contributed by atoms with E-state index >= 15 is 0 Å². The van der Waals surface area contributed by atoms with Crippen LogP contribution in [0.25, 0.3) is 11.4 Å². The smallest absolute Gasteiger partial charge is 0.133 e. The van der Waals surface area contributed by atoms with Gasteiger partial charge in [-0.2, -0.15) is 0 Å². The number of hydrogen-bond acceptors (Lipinski definition) is 3. The third-order valence-corrected chi connectivity index (χ3v) is 2.12. The minimum absolute atomic E-state index is 0.398. The van der Waals surface area contributed by atoms with Crippen LogP contribution in [0, 0.1) is 0 Å². The number of halogens is 1. The van der Waals surface area contributed by atoms with Crippen molar-refractivity contribution in [3.05, 3.63) is 41.7 Å². The van der Waals surface area contributed by atoms with E-state index in [0.29, 0.717) is 16.6 Å². The maximum atomic E-state index is 5.86. The van der Waals surface area contributed by atoms with Crippen molar-refractivity contribution in [1.82, 2.24) is 9.97 Å². The van der Waals surface area contributed by atoms with Crippen LogP contribution < -0.4 is 4.74 Å². The lowest BCUT2D eigenvalue weighted by molar-refractivity contribution is 0.414. The maximum Gasteiger partial charge on any atom is 0.133 e. The Morgan fingerprint density at radius 1 is 1.20 bits per heavy atom. The number of nitrogens with zero attached hydrogens (tertiary/aromatic N) is 2. The molecule has 3 nitrogen and oxygen atoms in total. The predicted molar refractivity (Wildman–Crippen MR) is 59.0 cm³/mol. The molecule has 0 saturated heterocycles. The van der Waals surface area contributed by atoms with Crippen molar-refractivity contribution < 1.29 is 4.74 Å². The summed E-state index contributed by atoms with van der Waals surface area (Å²) in [5.41, 5.74) is 1.48. The fraction of sp³-hybridized carbons (Fsp3) is 0.0909. The highest BCUT2D eigenvalue weighted by atomic mass is 35.5. The number of pyridine rings is 2. The number of rotatable bonds is 2. The molecule has 0 N–H and O–H groups in total. The lowest BCUT2D eigenvalue weighted by Gasteiger charge is -2.04. The van der Waals surface area contributed by atoms with E-state index in [4.69, 9.17) is 16.3 Å². The number of methoxy groups -OCH3 is 1. The molecule has 0 spiro atoms. The predicted octanol–water partition coefficient (Wildman–Crippen LogP) is 2.81. The van der Waals surface area contributed by atoms with Crippen LogP contribution in [-0.2, 0) is 0 Å². The summed E-state index contributed by atoms with van der Waals surface area (Å²) >= 11 is 5.86. The lowest BCUT2D eigenvalue weighted by atomic mass is 10.2. The number of ether oxygens (including phenoxy) is 1. The highest BCUT2D eigenvalue weighted by molar-refractivity contribution is 6.29. The molecule has 15 heavy (non-hydrogen) atoms. The minimum Gasteiger partial charge on any atom is -0.497 e. The van der Waals surface area contributed by atoms with E-state index < -0.39 is 0 Å². The van der Waals surface area contributed by atoms with Crippen molar-refractivity contribution in [1.29, 1.82) is 0 Å². The largest absolute Gasteiger partial charge is 0.497 e. The third kappa shape index (κ3) is 2.25. The third-order valence-electron chi connectivity index (χ3n) is 1.93. The van der Waals surface area contributed by atoms with Crippen molar-refractivity contribution >= 4 is 11.6 Å². The van der Waals surface area contributed by atoms with Gasteiger partial charge in [-0.3, -0.25) is 4.98 Å². The summed E-state index contributed by atoms with van der Waals surface area (Å²) in [7, 11) is 1.59. The van der Waals surface area contributed by atoms with E-state index in [1.54, 1.807) is 25.4 Å². The molecule has 0 atom stereocenters. The molecule has 0 radical (unpaired) electrons.